The molecule has 2 heterocycles. The van der Waals surface area contributed by atoms with E-state index in [9.17, 15) is 0 Å². The van der Waals surface area contributed by atoms with E-state index in [1.165, 1.54) is 0 Å². The van der Waals surface area contributed by atoms with E-state index in [1.54, 1.807) is 0 Å². The lowest BCUT2D eigenvalue weighted by Gasteiger charge is -2.26. The highest BCUT2D eigenvalue weighted by molar-refractivity contribution is 9.10. The number of benzene rings is 1. The number of fused-ring (bicyclic) bond motifs is 1. The van der Waals surface area contributed by atoms with Crippen molar-refractivity contribution in [1.29, 1.82) is 0 Å². The zero-order valence-corrected chi connectivity index (χ0v) is 16.8. The Kier molecular flexibility index (Phi) is 7.40. The van der Waals surface area contributed by atoms with Gasteiger partial charge < -0.3 is 24.8 Å². The minimum Gasteiger partial charge on any atom is -0.454 e. The van der Waals surface area contributed by atoms with Crippen LogP contribution in [0, 0.1) is 0 Å². The van der Waals surface area contributed by atoms with Crippen LogP contribution >= 0.6 is 15.9 Å². The van der Waals surface area contributed by atoms with Crippen molar-refractivity contribution in [3.63, 3.8) is 0 Å². The van der Waals surface area contributed by atoms with Crippen LogP contribution in [0.5, 0.6) is 11.5 Å². The van der Waals surface area contributed by atoms with E-state index < -0.39 is 0 Å². The number of nitrogens with zero attached hydrogens (tertiary/aromatic N) is 2. The summed E-state index contributed by atoms with van der Waals surface area (Å²) in [5.41, 5.74) is 1.08. The number of morpholine rings is 1. The second-order valence-corrected chi connectivity index (χ2v) is 7.10. The van der Waals surface area contributed by atoms with Crippen LogP contribution in [0.3, 0.4) is 0 Å². The Morgan fingerprint density at radius 3 is 2.88 bits per heavy atom. The van der Waals surface area contributed by atoms with E-state index >= 15 is 0 Å². The van der Waals surface area contributed by atoms with E-state index in [0.29, 0.717) is 6.54 Å². The molecule has 26 heavy (non-hydrogen) atoms. The summed E-state index contributed by atoms with van der Waals surface area (Å²) in [6.45, 7) is 9.51. The van der Waals surface area contributed by atoms with Crippen molar-refractivity contribution in [2.75, 3.05) is 52.7 Å². The van der Waals surface area contributed by atoms with Crippen LogP contribution in [0.15, 0.2) is 21.6 Å². The Labute approximate surface area is 163 Å². The lowest BCUT2D eigenvalue weighted by Crippen LogP contribution is -2.40. The predicted molar refractivity (Wildman–Crippen MR) is 105 cm³/mol. The van der Waals surface area contributed by atoms with Crippen molar-refractivity contribution in [2.24, 2.45) is 4.99 Å². The lowest BCUT2D eigenvalue weighted by molar-refractivity contribution is 0.0376. The second-order valence-electron chi connectivity index (χ2n) is 6.24. The molecule has 0 radical (unpaired) electrons. The molecule has 3 rings (SSSR count). The van der Waals surface area contributed by atoms with E-state index in [4.69, 9.17) is 14.2 Å². The average molecular weight is 427 g/mol. The largest absolute Gasteiger partial charge is 0.454 e. The Morgan fingerprint density at radius 1 is 1.23 bits per heavy atom. The normalized spacial score (nSPS) is 17.4. The molecular formula is C18H27BrN4O3. The maximum atomic E-state index is 5.47. The molecular weight excluding hydrogens is 400 g/mol. The monoisotopic (exact) mass is 426 g/mol. The fourth-order valence-electron chi connectivity index (χ4n) is 2.96. The molecule has 144 valence electrons. The van der Waals surface area contributed by atoms with Gasteiger partial charge in [0.25, 0.3) is 0 Å². The molecule has 0 saturated carbocycles. The molecule has 1 aromatic rings. The van der Waals surface area contributed by atoms with Crippen molar-refractivity contribution in [3.8, 4) is 11.5 Å². The number of nitrogens with one attached hydrogen (secondary N) is 2. The quantitative estimate of drug-likeness (QED) is 0.394. The summed E-state index contributed by atoms with van der Waals surface area (Å²) in [6, 6.07) is 4.01. The van der Waals surface area contributed by atoms with Crippen LogP contribution in [-0.4, -0.2) is 63.6 Å². The van der Waals surface area contributed by atoms with Crippen molar-refractivity contribution >= 4 is 21.9 Å². The molecule has 7 nitrogen and oxygen atoms in total. The summed E-state index contributed by atoms with van der Waals surface area (Å²) >= 11 is 3.53. The van der Waals surface area contributed by atoms with E-state index in [0.717, 1.165) is 79.9 Å². The predicted octanol–water partition coefficient (Wildman–Crippen LogP) is 1.96. The fraction of sp³-hybridized carbons (Fsp3) is 0.611. The Morgan fingerprint density at radius 2 is 2.08 bits per heavy atom. The number of hydrogen-bond donors (Lipinski definition) is 2. The van der Waals surface area contributed by atoms with E-state index in [-0.39, 0.29) is 6.79 Å². The van der Waals surface area contributed by atoms with E-state index in [1.807, 2.05) is 12.1 Å². The van der Waals surface area contributed by atoms with Gasteiger partial charge in [0.2, 0.25) is 6.79 Å². The highest BCUT2D eigenvalue weighted by Crippen LogP contribution is 2.40. The number of rotatable bonds is 7. The van der Waals surface area contributed by atoms with Crippen LogP contribution in [0.2, 0.25) is 0 Å². The first-order chi connectivity index (χ1) is 12.8. The molecule has 1 fully saturated rings. The van der Waals surface area contributed by atoms with Gasteiger partial charge >= 0.3 is 0 Å². The van der Waals surface area contributed by atoms with Crippen molar-refractivity contribution in [2.45, 2.75) is 19.9 Å². The molecule has 0 atom stereocenters. The van der Waals surface area contributed by atoms with Crippen LogP contribution < -0.4 is 20.1 Å². The molecule has 0 aliphatic carbocycles. The molecule has 0 amide bonds. The molecule has 0 bridgehead atoms. The molecule has 0 spiro atoms. The molecule has 0 unspecified atom stereocenters. The standard InChI is InChI=1S/C18H27BrN4O3/c1-2-20-18(21-4-3-5-23-6-8-24-9-7-23)22-12-14-10-15(19)17-16(11-14)25-13-26-17/h10-11H,2-9,12-13H2,1H3,(H2,20,21,22). The molecule has 1 aromatic carbocycles. The van der Waals surface area contributed by atoms with Crippen molar-refractivity contribution < 1.29 is 14.2 Å². The highest BCUT2D eigenvalue weighted by Gasteiger charge is 2.17. The summed E-state index contributed by atoms with van der Waals surface area (Å²) in [5, 5.41) is 6.71. The van der Waals surface area contributed by atoms with Crippen molar-refractivity contribution in [3.05, 3.63) is 22.2 Å². The molecule has 2 aliphatic rings. The maximum absolute atomic E-state index is 5.47. The summed E-state index contributed by atoms with van der Waals surface area (Å²) in [5.74, 6) is 2.38. The first kappa shape index (κ1) is 19.3. The third-order valence-corrected chi connectivity index (χ3v) is 4.89. The van der Waals surface area contributed by atoms with Crippen molar-refractivity contribution in [1.82, 2.24) is 15.5 Å². The minimum atomic E-state index is 0.272. The molecule has 2 aliphatic heterocycles. The van der Waals surface area contributed by atoms with E-state index in [2.05, 4.69) is 43.4 Å². The zero-order chi connectivity index (χ0) is 18.2. The van der Waals surface area contributed by atoms with Gasteiger partial charge in [-0.05, 0) is 53.5 Å². The van der Waals surface area contributed by atoms with Gasteiger partial charge in [-0.3, -0.25) is 4.90 Å². The third kappa shape index (κ3) is 5.49. The topological polar surface area (TPSA) is 67.4 Å². The third-order valence-electron chi connectivity index (χ3n) is 4.30. The number of ether oxygens (including phenoxy) is 3. The van der Waals surface area contributed by atoms with Gasteiger partial charge in [-0.1, -0.05) is 0 Å². The second kappa shape index (κ2) is 9.99. The smallest absolute Gasteiger partial charge is 0.231 e. The minimum absolute atomic E-state index is 0.272. The number of halogens is 1. The summed E-state index contributed by atoms with van der Waals surface area (Å²) in [7, 11) is 0. The fourth-order valence-corrected chi connectivity index (χ4v) is 3.56. The molecule has 0 aromatic heterocycles. The van der Waals surface area contributed by atoms with Gasteiger partial charge in [-0.2, -0.15) is 0 Å². The molecule has 2 N–H and O–H groups in total. The lowest BCUT2D eigenvalue weighted by atomic mass is 10.2. The zero-order valence-electron chi connectivity index (χ0n) is 15.2. The van der Waals surface area contributed by atoms with Gasteiger partial charge in [0.05, 0.1) is 24.2 Å². The number of hydrogen-bond acceptors (Lipinski definition) is 5. The first-order valence-corrected chi connectivity index (χ1v) is 9.96. The average Bonchev–Trinajstić information content (AvgIpc) is 3.13. The number of aliphatic imine (C=N–C) groups is 1. The van der Waals surface area contributed by atoms with Gasteiger partial charge in [0.15, 0.2) is 17.5 Å². The highest BCUT2D eigenvalue weighted by atomic mass is 79.9. The maximum Gasteiger partial charge on any atom is 0.231 e. The van der Waals surface area contributed by atoms with Crippen LogP contribution in [0.1, 0.15) is 18.9 Å². The molecule has 1 saturated heterocycles. The van der Waals surface area contributed by atoms with Gasteiger partial charge in [-0.15, -0.1) is 0 Å². The molecule has 8 heteroatoms. The summed E-state index contributed by atoms with van der Waals surface area (Å²) < 4.78 is 17.2. The first-order valence-electron chi connectivity index (χ1n) is 9.16. The summed E-state index contributed by atoms with van der Waals surface area (Å²) in [4.78, 5) is 7.12. The van der Waals surface area contributed by atoms with Crippen LogP contribution in [0.4, 0.5) is 0 Å². The SMILES string of the molecule is CCNC(=NCc1cc(Br)c2c(c1)OCO2)NCCCN1CCOCC1. The number of guanidine groups is 1. The summed E-state index contributed by atoms with van der Waals surface area (Å²) in [6.07, 6.45) is 1.08. The van der Waals surface area contributed by atoms with Gasteiger partial charge in [-0.25, -0.2) is 4.99 Å². The van der Waals surface area contributed by atoms with Crippen LogP contribution in [0.25, 0.3) is 0 Å². The Hall–Kier alpha value is -1.51. The Bertz CT molecular complexity index is 621. The van der Waals surface area contributed by atoms with Gasteiger partial charge in [0.1, 0.15) is 0 Å². The van der Waals surface area contributed by atoms with Gasteiger partial charge in [0, 0.05) is 26.2 Å². The van der Waals surface area contributed by atoms with Crippen LogP contribution in [-0.2, 0) is 11.3 Å². The Balaban J connectivity index is 1.48.